The van der Waals surface area contributed by atoms with Crippen molar-refractivity contribution in [1.82, 2.24) is 14.3 Å². The van der Waals surface area contributed by atoms with E-state index in [2.05, 4.69) is 10.0 Å². The van der Waals surface area contributed by atoms with E-state index in [1.807, 2.05) is 6.07 Å². The lowest BCUT2D eigenvalue weighted by atomic mass is 10.2. The van der Waals surface area contributed by atoms with Gasteiger partial charge in [-0.15, -0.1) is 0 Å². The predicted octanol–water partition coefficient (Wildman–Crippen LogP) is -0.580. The summed E-state index contributed by atoms with van der Waals surface area (Å²) in [5.41, 5.74) is 0. The molecule has 92 valence electrons. The van der Waals surface area contributed by atoms with Gasteiger partial charge in [0.25, 0.3) is 10.2 Å². The molecule has 16 heavy (non-hydrogen) atoms. The van der Waals surface area contributed by atoms with Gasteiger partial charge in [-0.25, -0.2) is 4.72 Å². The zero-order valence-electron chi connectivity index (χ0n) is 9.28. The molecule has 0 atom stereocenters. The van der Waals surface area contributed by atoms with Crippen molar-refractivity contribution in [3.8, 4) is 6.07 Å². The third kappa shape index (κ3) is 4.45. The zero-order chi connectivity index (χ0) is 11.9. The first-order valence-electron chi connectivity index (χ1n) is 5.49. The highest BCUT2D eigenvalue weighted by molar-refractivity contribution is 7.87. The highest BCUT2D eigenvalue weighted by atomic mass is 32.2. The van der Waals surface area contributed by atoms with Crippen LogP contribution < -0.4 is 10.0 Å². The first kappa shape index (κ1) is 13.4. The highest BCUT2D eigenvalue weighted by Gasteiger charge is 2.22. The minimum atomic E-state index is -3.31. The van der Waals surface area contributed by atoms with Crippen molar-refractivity contribution < 1.29 is 8.42 Å². The van der Waals surface area contributed by atoms with Gasteiger partial charge in [-0.1, -0.05) is 0 Å². The summed E-state index contributed by atoms with van der Waals surface area (Å²) in [5, 5.41) is 11.4. The van der Waals surface area contributed by atoms with Gasteiger partial charge in [0.2, 0.25) is 0 Å². The summed E-state index contributed by atoms with van der Waals surface area (Å²) in [6.45, 7) is 2.86. The van der Waals surface area contributed by atoms with Gasteiger partial charge in [-0.3, -0.25) is 0 Å². The van der Waals surface area contributed by atoms with E-state index in [-0.39, 0.29) is 0 Å². The molecule has 0 saturated carbocycles. The third-order valence-corrected chi connectivity index (χ3v) is 4.03. The molecule has 0 amide bonds. The van der Waals surface area contributed by atoms with Crippen LogP contribution in [0.5, 0.6) is 0 Å². The van der Waals surface area contributed by atoms with Crippen molar-refractivity contribution in [2.45, 2.75) is 19.3 Å². The van der Waals surface area contributed by atoms with Gasteiger partial charge in [0.1, 0.15) is 0 Å². The normalized spacial score (nSPS) is 18.2. The van der Waals surface area contributed by atoms with E-state index >= 15 is 0 Å². The Hall–Kier alpha value is -0.680. The maximum absolute atomic E-state index is 11.7. The molecule has 1 heterocycles. The summed E-state index contributed by atoms with van der Waals surface area (Å²) >= 11 is 0. The van der Waals surface area contributed by atoms with Gasteiger partial charge >= 0.3 is 0 Å². The fourth-order valence-electron chi connectivity index (χ4n) is 1.51. The fraction of sp³-hybridized carbons (Fsp3) is 0.889. The van der Waals surface area contributed by atoms with Crippen LogP contribution in [0.2, 0.25) is 0 Å². The Labute approximate surface area is 96.8 Å². The van der Waals surface area contributed by atoms with Gasteiger partial charge in [0.15, 0.2) is 0 Å². The van der Waals surface area contributed by atoms with Gasteiger partial charge < -0.3 is 5.32 Å². The van der Waals surface area contributed by atoms with Crippen molar-refractivity contribution >= 4 is 10.2 Å². The molecule has 0 spiro atoms. The standard InChI is InChI=1S/C9H18N4O2S/c10-4-2-1-3-5-12-16(14,15)13-8-6-11-7-9-13/h11-12H,1-3,5-9H2. The molecule has 1 saturated heterocycles. The van der Waals surface area contributed by atoms with E-state index in [4.69, 9.17) is 5.26 Å². The third-order valence-electron chi connectivity index (χ3n) is 2.42. The number of hydrogen-bond donors (Lipinski definition) is 2. The van der Waals surface area contributed by atoms with E-state index in [1.165, 1.54) is 4.31 Å². The quantitative estimate of drug-likeness (QED) is 0.614. The summed E-state index contributed by atoms with van der Waals surface area (Å²) in [4.78, 5) is 0. The molecule has 0 radical (unpaired) electrons. The molecule has 0 aromatic carbocycles. The van der Waals surface area contributed by atoms with Gasteiger partial charge in [-0.05, 0) is 12.8 Å². The Morgan fingerprint density at radius 2 is 2.00 bits per heavy atom. The maximum Gasteiger partial charge on any atom is 0.279 e. The molecule has 1 aliphatic heterocycles. The Kier molecular flexibility index (Phi) is 5.69. The topological polar surface area (TPSA) is 85.2 Å². The maximum atomic E-state index is 11.7. The zero-order valence-corrected chi connectivity index (χ0v) is 10.1. The van der Waals surface area contributed by atoms with Gasteiger partial charge in [-0.2, -0.15) is 18.0 Å². The second kappa shape index (κ2) is 6.81. The molecular formula is C9H18N4O2S. The molecule has 6 nitrogen and oxygen atoms in total. The Morgan fingerprint density at radius 1 is 1.31 bits per heavy atom. The Morgan fingerprint density at radius 3 is 2.62 bits per heavy atom. The smallest absolute Gasteiger partial charge is 0.279 e. The molecule has 1 aliphatic rings. The van der Waals surface area contributed by atoms with Crippen molar-refractivity contribution in [1.29, 1.82) is 5.26 Å². The largest absolute Gasteiger partial charge is 0.314 e. The lowest BCUT2D eigenvalue weighted by Gasteiger charge is -2.26. The van der Waals surface area contributed by atoms with Crippen molar-refractivity contribution in [3.05, 3.63) is 0 Å². The monoisotopic (exact) mass is 246 g/mol. The first-order valence-corrected chi connectivity index (χ1v) is 6.93. The van der Waals surface area contributed by atoms with Gasteiger partial charge in [0.05, 0.1) is 6.07 Å². The molecule has 0 aromatic heterocycles. The lowest BCUT2D eigenvalue weighted by molar-refractivity contribution is 0.354. The number of nitrogens with zero attached hydrogens (tertiary/aromatic N) is 2. The van der Waals surface area contributed by atoms with Crippen molar-refractivity contribution in [3.63, 3.8) is 0 Å². The molecule has 1 fully saturated rings. The molecule has 0 unspecified atom stereocenters. The number of hydrogen-bond acceptors (Lipinski definition) is 4. The van der Waals surface area contributed by atoms with Crippen LogP contribution in [0.3, 0.4) is 0 Å². The van der Waals surface area contributed by atoms with E-state index in [0.717, 1.165) is 6.42 Å². The molecule has 1 rings (SSSR count). The fourth-order valence-corrected chi connectivity index (χ4v) is 2.75. The predicted molar refractivity (Wildman–Crippen MR) is 60.8 cm³/mol. The minimum Gasteiger partial charge on any atom is -0.314 e. The van der Waals surface area contributed by atoms with Crippen LogP contribution in [-0.4, -0.2) is 45.4 Å². The molecule has 7 heteroatoms. The number of nitrogens with one attached hydrogen (secondary N) is 2. The second-order valence-corrected chi connectivity index (χ2v) is 5.42. The SMILES string of the molecule is N#CCCCCNS(=O)(=O)N1CCNCC1. The van der Waals surface area contributed by atoms with Crippen LogP contribution in [0.25, 0.3) is 0 Å². The van der Waals surface area contributed by atoms with E-state index in [1.54, 1.807) is 0 Å². The number of unbranched alkanes of at least 4 members (excludes halogenated alkanes) is 2. The number of nitriles is 1. The summed E-state index contributed by atoms with van der Waals surface area (Å²) in [5.74, 6) is 0. The summed E-state index contributed by atoms with van der Waals surface area (Å²) < 4.78 is 27.5. The molecule has 0 aromatic rings. The van der Waals surface area contributed by atoms with Gasteiger partial charge in [0, 0.05) is 39.1 Å². The van der Waals surface area contributed by atoms with E-state index in [0.29, 0.717) is 45.6 Å². The summed E-state index contributed by atoms with van der Waals surface area (Å²) in [6, 6.07) is 2.03. The average molecular weight is 246 g/mol. The Balaban J connectivity index is 2.25. The van der Waals surface area contributed by atoms with E-state index in [9.17, 15) is 8.42 Å². The lowest BCUT2D eigenvalue weighted by Crippen LogP contribution is -2.50. The van der Waals surface area contributed by atoms with Crippen LogP contribution in [0.15, 0.2) is 0 Å². The Bertz CT molecular complexity index is 330. The first-order chi connectivity index (χ1) is 7.67. The molecular weight excluding hydrogens is 228 g/mol. The van der Waals surface area contributed by atoms with Crippen molar-refractivity contribution in [2.24, 2.45) is 0 Å². The average Bonchev–Trinajstić information content (AvgIpc) is 2.30. The van der Waals surface area contributed by atoms with Crippen LogP contribution in [0, 0.1) is 11.3 Å². The molecule has 0 bridgehead atoms. The minimum absolute atomic E-state index is 0.411. The summed E-state index contributed by atoms with van der Waals surface area (Å²) in [6.07, 6.45) is 1.93. The molecule has 0 aliphatic carbocycles. The second-order valence-electron chi connectivity index (χ2n) is 3.66. The highest BCUT2D eigenvalue weighted by Crippen LogP contribution is 2.00. The van der Waals surface area contributed by atoms with Crippen molar-refractivity contribution in [2.75, 3.05) is 32.7 Å². The van der Waals surface area contributed by atoms with Crippen LogP contribution >= 0.6 is 0 Å². The van der Waals surface area contributed by atoms with E-state index < -0.39 is 10.2 Å². The molecule has 2 N–H and O–H groups in total. The summed E-state index contributed by atoms with van der Waals surface area (Å²) in [7, 11) is -3.31. The number of piperazine rings is 1. The van der Waals surface area contributed by atoms with Crippen LogP contribution in [-0.2, 0) is 10.2 Å². The van der Waals surface area contributed by atoms with Crippen LogP contribution in [0.4, 0.5) is 0 Å². The van der Waals surface area contributed by atoms with Crippen LogP contribution in [0.1, 0.15) is 19.3 Å². The number of rotatable bonds is 6.